The molecular weight excluding hydrogens is 264 g/mol. The molecule has 0 aliphatic heterocycles. The van der Waals surface area contributed by atoms with Crippen LogP contribution in [0.1, 0.15) is 46.6 Å². The summed E-state index contributed by atoms with van der Waals surface area (Å²) in [4.78, 5) is 5.78. The van der Waals surface area contributed by atoms with Crippen molar-refractivity contribution in [2.75, 3.05) is 6.54 Å². The Morgan fingerprint density at radius 1 is 1.30 bits per heavy atom. The van der Waals surface area contributed by atoms with Crippen molar-refractivity contribution < 1.29 is 0 Å². The van der Waals surface area contributed by atoms with Gasteiger partial charge in [0.15, 0.2) is 0 Å². The van der Waals surface area contributed by atoms with Crippen LogP contribution in [0.25, 0.3) is 0 Å². The van der Waals surface area contributed by atoms with Crippen molar-refractivity contribution in [2.24, 2.45) is 0 Å². The van der Waals surface area contributed by atoms with Gasteiger partial charge in [-0.3, -0.25) is 0 Å². The average Bonchev–Trinajstić information content (AvgIpc) is 3.06. The van der Waals surface area contributed by atoms with Gasteiger partial charge in [0.25, 0.3) is 0 Å². The highest BCUT2D eigenvalue weighted by molar-refractivity contribution is 7.09. The zero-order chi connectivity index (χ0) is 13.9. The predicted molar refractivity (Wildman–Crippen MR) is 85.4 cm³/mol. The van der Waals surface area contributed by atoms with Crippen LogP contribution in [0.3, 0.4) is 0 Å². The van der Waals surface area contributed by atoms with Crippen molar-refractivity contribution in [1.82, 2.24) is 10.3 Å². The average molecular weight is 286 g/mol. The Labute approximate surface area is 125 Å². The number of nitrogens with one attached hydrogen (secondary N) is 1. The number of aromatic nitrogens is 1. The molecule has 1 N–H and O–H groups in total. The molecule has 0 bridgehead atoms. The lowest BCUT2D eigenvalue weighted by Gasteiger charge is -2.18. The molecule has 1 heterocycles. The van der Waals surface area contributed by atoms with Gasteiger partial charge in [-0.05, 0) is 55.8 Å². The van der Waals surface area contributed by atoms with E-state index in [2.05, 4.69) is 42.3 Å². The Kier molecular flexibility index (Phi) is 4.18. The van der Waals surface area contributed by atoms with Crippen molar-refractivity contribution in [3.63, 3.8) is 0 Å². The Balaban J connectivity index is 1.81. The fourth-order valence-electron chi connectivity index (χ4n) is 3.14. The van der Waals surface area contributed by atoms with E-state index in [1.165, 1.54) is 35.4 Å². The predicted octanol–water partition coefficient (Wildman–Crippen LogP) is 3.83. The maximum atomic E-state index is 4.40. The third kappa shape index (κ3) is 2.79. The van der Waals surface area contributed by atoms with Gasteiger partial charge >= 0.3 is 0 Å². The largest absolute Gasteiger partial charge is 0.309 e. The second-order valence-corrected chi connectivity index (χ2v) is 6.46. The lowest BCUT2D eigenvalue weighted by Crippen LogP contribution is -2.22. The molecular formula is C17H22N2S. The smallest absolute Gasteiger partial charge is 0.0798 e. The molecule has 3 rings (SSSR count). The van der Waals surface area contributed by atoms with E-state index in [0.29, 0.717) is 6.04 Å². The minimum atomic E-state index is 0.395. The van der Waals surface area contributed by atoms with Crippen LogP contribution in [0.15, 0.2) is 23.7 Å². The summed E-state index contributed by atoms with van der Waals surface area (Å²) >= 11 is 1.77. The zero-order valence-corrected chi connectivity index (χ0v) is 13.1. The molecule has 2 aromatic rings. The number of aryl methyl sites for hydroxylation is 3. The maximum Gasteiger partial charge on any atom is 0.0798 e. The van der Waals surface area contributed by atoms with Crippen molar-refractivity contribution in [1.29, 1.82) is 0 Å². The summed E-state index contributed by atoms with van der Waals surface area (Å²) in [5.74, 6) is 0. The molecule has 0 saturated heterocycles. The highest BCUT2D eigenvalue weighted by atomic mass is 32.1. The van der Waals surface area contributed by atoms with Crippen LogP contribution in [-0.4, -0.2) is 11.5 Å². The zero-order valence-electron chi connectivity index (χ0n) is 12.3. The molecule has 1 atom stereocenters. The molecule has 1 aliphatic rings. The van der Waals surface area contributed by atoms with Crippen molar-refractivity contribution in [3.8, 4) is 0 Å². The maximum absolute atomic E-state index is 4.40. The van der Waals surface area contributed by atoms with Gasteiger partial charge in [-0.1, -0.05) is 25.1 Å². The van der Waals surface area contributed by atoms with E-state index < -0.39 is 0 Å². The van der Waals surface area contributed by atoms with Crippen molar-refractivity contribution in [3.05, 3.63) is 51.0 Å². The number of rotatable bonds is 5. The van der Waals surface area contributed by atoms with Gasteiger partial charge in [-0.15, -0.1) is 11.3 Å². The summed E-state index contributed by atoms with van der Waals surface area (Å²) in [6.07, 6.45) is 4.91. The third-order valence-electron chi connectivity index (χ3n) is 4.15. The molecule has 1 aromatic carbocycles. The molecule has 3 heteroatoms. The van der Waals surface area contributed by atoms with E-state index in [0.717, 1.165) is 13.0 Å². The number of hydrogen-bond donors (Lipinski definition) is 1. The van der Waals surface area contributed by atoms with E-state index in [-0.39, 0.29) is 0 Å². The first-order chi connectivity index (χ1) is 9.78. The molecule has 2 nitrogen and oxygen atoms in total. The van der Waals surface area contributed by atoms with Crippen LogP contribution >= 0.6 is 11.3 Å². The molecule has 1 unspecified atom stereocenters. The monoisotopic (exact) mass is 286 g/mol. The minimum Gasteiger partial charge on any atom is -0.309 e. The van der Waals surface area contributed by atoms with Crippen LogP contribution in [0, 0.1) is 6.92 Å². The first-order valence-corrected chi connectivity index (χ1v) is 8.40. The Bertz CT molecular complexity index is 588. The summed E-state index contributed by atoms with van der Waals surface area (Å²) in [6.45, 7) is 5.28. The summed E-state index contributed by atoms with van der Waals surface area (Å²) in [5.41, 5.74) is 7.70. The highest BCUT2D eigenvalue weighted by Crippen LogP contribution is 2.28. The first kappa shape index (κ1) is 13.8. The van der Waals surface area contributed by atoms with Crippen molar-refractivity contribution in [2.45, 2.75) is 45.6 Å². The van der Waals surface area contributed by atoms with E-state index in [1.807, 2.05) is 5.51 Å². The molecule has 0 amide bonds. The molecule has 0 saturated carbocycles. The molecule has 0 spiro atoms. The van der Waals surface area contributed by atoms with E-state index in [4.69, 9.17) is 0 Å². The van der Waals surface area contributed by atoms with Gasteiger partial charge in [0.05, 0.1) is 11.2 Å². The van der Waals surface area contributed by atoms with Crippen LogP contribution in [0.4, 0.5) is 0 Å². The third-order valence-corrected chi connectivity index (χ3v) is 5.20. The number of hydrogen-bond acceptors (Lipinski definition) is 3. The lowest BCUT2D eigenvalue weighted by atomic mass is 9.99. The van der Waals surface area contributed by atoms with Crippen molar-refractivity contribution >= 4 is 11.3 Å². The first-order valence-electron chi connectivity index (χ1n) is 7.52. The summed E-state index contributed by atoms with van der Waals surface area (Å²) in [7, 11) is 0. The Hall–Kier alpha value is -1.19. The number of fused-ring (bicyclic) bond motifs is 1. The topological polar surface area (TPSA) is 24.9 Å². The van der Waals surface area contributed by atoms with Gasteiger partial charge in [0.1, 0.15) is 0 Å². The standard InChI is InChI=1S/C17H22N2S/c1-3-18-16(17-12(2)19-11-20-17)10-13-7-8-14-5-4-6-15(14)9-13/h7-9,11,16,18H,3-6,10H2,1-2H3. The summed E-state index contributed by atoms with van der Waals surface area (Å²) in [5, 5.41) is 3.61. The molecule has 1 aromatic heterocycles. The summed E-state index contributed by atoms with van der Waals surface area (Å²) in [6, 6.07) is 7.46. The van der Waals surface area contributed by atoms with E-state index in [1.54, 1.807) is 22.5 Å². The minimum absolute atomic E-state index is 0.395. The van der Waals surface area contributed by atoms with Gasteiger partial charge in [0, 0.05) is 10.9 Å². The fraction of sp³-hybridized carbons (Fsp3) is 0.471. The number of thiazole rings is 1. The van der Waals surface area contributed by atoms with Crippen LogP contribution in [0.5, 0.6) is 0 Å². The van der Waals surface area contributed by atoms with Crippen LogP contribution in [-0.2, 0) is 19.3 Å². The second kappa shape index (κ2) is 6.06. The molecule has 0 fully saturated rings. The van der Waals surface area contributed by atoms with Gasteiger partial charge in [-0.25, -0.2) is 4.98 Å². The van der Waals surface area contributed by atoms with E-state index >= 15 is 0 Å². The second-order valence-electron chi connectivity index (χ2n) is 5.57. The lowest BCUT2D eigenvalue weighted by molar-refractivity contribution is 0.554. The molecule has 20 heavy (non-hydrogen) atoms. The number of nitrogens with zero attached hydrogens (tertiary/aromatic N) is 1. The van der Waals surface area contributed by atoms with Crippen LogP contribution in [0.2, 0.25) is 0 Å². The Morgan fingerprint density at radius 2 is 2.15 bits per heavy atom. The normalized spacial score (nSPS) is 15.3. The fourth-order valence-corrected chi connectivity index (χ4v) is 4.02. The molecule has 0 radical (unpaired) electrons. The van der Waals surface area contributed by atoms with Crippen LogP contribution < -0.4 is 5.32 Å². The van der Waals surface area contributed by atoms with Gasteiger partial charge < -0.3 is 5.32 Å². The van der Waals surface area contributed by atoms with Gasteiger partial charge in [-0.2, -0.15) is 0 Å². The molecule has 1 aliphatic carbocycles. The highest BCUT2D eigenvalue weighted by Gasteiger charge is 2.17. The van der Waals surface area contributed by atoms with E-state index in [9.17, 15) is 0 Å². The SMILES string of the molecule is CCNC(Cc1ccc2c(c1)CCC2)c1scnc1C. The number of likely N-dealkylation sites (N-methyl/N-ethyl adjacent to an activating group) is 1. The van der Waals surface area contributed by atoms with Gasteiger partial charge in [0.2, 0.25) is 0 Å². The Morgan fingerprint density at radius 3 is 2.90 bits per heavy atom. The number of benzene rings is 1. The molecule has 106 valence electrons. The quantitative estimate of drug-likeness (QED) is 0.903. The summed E-state index contributed by atoms with van der Waals surface area (Å²) < 4.78 is 0.